The van der Waals surface area contributed by atoms with Gasteiger partial charge in [0, 0.05) is 17.9 Å². The number of rotatable bonds is 3. The van der Waals surface area contributed by atoms with E-state index in [1.54, 1.807) is 14.0 Å². The number of hydrogen-bond acceptors (Lipinski definition) is 3. The monoisotopic (exact) mass is 282 g/mol. The molecule has 2 N–H and O–H groups in total. The predicted octanol–water partition coefficient (Wildman–Crippen LogP) is 1.17. The van der Waals surface area contributed by atoms with Gasteiger partial charge in [0.2, 0.25) is 0 Å². The average Bonchev–Trinajstić information content (AvgIpc) is 2.39. The first kappa shape index (κ1) is 12.0. The Kier molecular flexibility index (Phi) is 3.94. The first-order valence-corrected chi connectivity index (χ1v) is 5.60. The smallest absolute Gasteiger partial charge is 0.132 e. The first-order chi connectivity index (χ1) is 6.49. The Morgan fingerprint density at radius 3 is 2.50 bits per heavy atom. The van der Waals surface area contributed by atoms with Crippen molar-refractivity contribution in [2.24, 2.45) is 7.05 Å². The molecule has 2 atom stereocenters. The maximum Gasteiger partial charge on any atom is 0.132 e. The Bertz CT molecular complexity index is 329. The highest BCUT2D eigenvalue weighted by molar-refractivity contribution is 9.09. The largest absolute Gasteiger partial charge is 0.389 e. The zero-order valence-electron chi connectivity index (χ0n) is 7.91. The van der Waals surface area contributed by atoms with Crippen LogP contribution in [-0.4, -0.2) is 31.4 Å². The number of nitrogens with zero attached hydrogens (tertiary/aromatic N) is 2. The number of aromatic nitrogens is 2. The lowest BCUT2D eigenvalue weighted by atomic mass is 10.1. The van der Waals surface area contributed by atoms with Crippen molar-refractivity contribution in [1.82, 2.24) is 9.78 Å². The molecular formula is C8H12BrClN2O2. The number of alkyl halides is 1. The molecule has 6 heteroatoms. The molecule has 4 nitrogen and oxygen atoms in total. The van der Waals surface area contributed by atoms with E-state index in [0.717, 1.165) is 0 Å². The highest BCUT2D eigenvalue weighted by Crippen LogP contribution is 2.28. The molecule has 0 spiro atoms. The summed E-state index contributed by atoms with van der Waals surface area (Å²) in [6.07, 6.45) is -1.88. The molecule has 0 aliphatic rings. The number of halogens is 2. The van der Waals surface area contributed by atoms with E-state index in [4.69, 9.17) is 11.6 Å². The SMILES string of the molecule is Cc1nn(C)c(Cl)c1C(O)C(O)CBr. The highest BCUT2D eigenvalue weighted by atomic mass is 79.9. The van der Waals surface area contributed by atoms with Crippen molar-refractivity contribution < 1.29 is 10.2 Å². The Hall–Kier alpha value is -0.100. The van der Waals surface area contributed by atoms with Crippen molar-refractivity contribution in [2.45, 2.75) is 19.1 Å². The van der Waals surface area contributed by atoms with E-state index in [1.807, 2.05) is 0 Å². The lowest BCUT2D eigenvalue weighted by molar-refractivity contribution is 0.0339. The van der Waals surface area contributed by atoms with E-state index in [9.17, 15) is 10.2 Å². The minimum absolute atomic E-state index is 0.291. The third-order valence-electron chi connectivity index (χ3n) is 2.01. The van der Waals surface area contributed by atoms with Crippen LogP contribution in [0.25, 0.3) is 0 Å². The molecule has 0 fully saturated rings. The van der Waals surface area contributed by atoms with Crippen LogP contribution in [0.4, 0.5) is 0 Å². The van der Waals surface area contributed by atoms with Crippen molar-refractivity contribution in [1.29, 1.82) is 0 Å². The summed E-state index contributed by atoms with van der Waals surface area (Å²) < 4.78 is 1.47. The molecule has 0 aromatic carbocycles. The molecule has 0 radical (unpaired) electrons. The predicted molar refractivity (Wildman–Crippen MR) is 57.7 cm³/mol. The van der Waals surface area contributed by atoms with Gasteiger partial charge in [0.05, 0.1) is 11.8 Å². The van der Waals surface area contributed by atoms with Gasteiger partial charge in [-0.15, -0.1) is 0 Å². The molecule has 0 saturated carbocycles. The van der Waals surface area contributed by atoms with E-state index in [-0.39, 0.29) is 0 Å². The Morgan fingerprint density at radius 2 is 2.14 bits per heavy atom. The van der Waals surface area contributed by atoms with Gasteiger partial charge in [0.15, 0.2) is 0 Å². The standard InChI is InChI=1S/C8H12BrClN2O2/c1-4-6(7(14)5(13)3-9)8(10)12(2)11-4/h5,7,13-14H,3H2,1-2H3. The molecule has 1 aromatic rings. The average molecular weight is 284 g/mol. The fourth-order valence-corrected chi connectivity index (χ4v) is 1.90. The highest BCUT2D eigenvalue weighted by Gasteiger charge is 2.24. The van der Waals surface area contributed by atoms with Crippen LogP contribution in [0.5, 0.6) is 0 Å². The third kappa shape index (κ3) is 2.11. The first-order valence-electron chi connectivity index (χ1n) is 4.10. The summed E-state index contributed by atoms with van der Waals surface area (Å²) in [5, 5.41) is 23.9. The maximum absolute atomic E-state index is 9.75. The van der Waals surface area contributed by atoms with E-state index >= 15 is 0 Å². The number of hydrogen-bond donors (Lipinski definition) is 2. The third-order valence-corrected chi connectivity index (χ3v) is 3.13. The minimum atomic E-state index is -1.00. The molecule has 0 aliphatic carbocycles. The molecule has 1 rings (SSSR count). The summed E-state index contributed by atoms with van der Waals surface area (Å²) in [5.41, 5.74) is 1.12. The van der Waals surface area contributed by atoms with E-state index in [2.05, 4.69) is 21.0 Å². The summed E-state index contributed by atoms with van der Waals surface area (Å²) in [6, 6.07) is 0. The molecule has 0 bridgehead atoms. The maximum atomic E-state index is 9.75. The second kappa shape index (κ2) is 4.61. The normalized spacial score (nSPS) is 15.6. The lowest BCUT2D eigenvalue weighted by Crippen LogP contribution is -2.20. The Morgan fingerprint density at radius 1 is 1.57 bits per heavy atom. The zero-order valence-corrected chi connectivity index (χ0v) is 10.2. The fourth-order valence-electron chi connectivity index (χ4n) is 1.26. The summed E-state index contributed by atoms with van der Waals surface area (Å²) >= 11 is 9.01. The molecule has 2 unspecified atom stereocenters. The lowest BCUT2D eigenvalue weighted by Gasteiger charge is -2.15. The van der Waals surface area contributed by atoms with E-state index in [1.165, 1.54) is 4.68 Å². The molecule has 0 aliphatic heterocycles. The van der Waals surface area contributed by atoms with E-state index < -0.39 is 12.2 Å². The molecule has 1 heterocycles. The molecular weight excluding hydrogens is 271 g/mol. The van der Waals surface area contributed by atoms with Gasteiger partial charge in [-0.2, -0.15) is 5.10 Å². The van der Waals surface area contributed by atoms with Gasteiger partial charge in [-0.05, 0) is 6.92 Å². The van der Waals surface area contributed by atoms with Crippen LogP contribution >= 0.6 is 27.5 Å². The summed E-state index contributed by atoms with van der Waals surface area (Å²) in [4.78, 5) is 0. The number of aliphatic hydroxyl groups is 2. The second-order valence-corrected chi connectivity index (χ2v) is 4.09. The van der Waals surface area contributed by atoms with Crippen LogP contribution in [0.3, 0.4) is 0 Å². The van der Waals surface area contributed by atoms with Gasteiger partial charge in [0.25, 0.3) is 0 Å². The molecule has 0 amide bonds. The molecule has 14 heavy (non-hydrogen) atoms. The summed E-state index contributed by atoms with van der Waals surface area (Å²) in [7, 11) is 1.69. The van der Waals surface area contributed by atoms with Gasteiger partial charge in [-0.25, -0.2) is 0 Å². The van der Waals surface area contributed by atoms with Crippen LogP contribution in [-0.2, 0) is 7.05 Å². The van der Waals surface area contributed by atoms with Gasteiger partial charge >= 0.3 is 0 Å². The quantitative estimate of drug-likeness (QED) is 0.819. The van der Waals surface area contributed by atoms with Crippen LogP contribution < -0.4 is 0 Å². The summed E-state index contributed by atoms with van der Waals surface area (Å²) in [6.45, 7) is 1.74. The van der Waals surface area contributed by atoms with Gasteiger partial charge in [-0.1, -0.05) is 27.5 Å². The van der Waals surface area contributed by atoms with Gasteiger partial charge < -0.3 is 10.2 Å². The number of aliphatic hydroxyl groups excluding tert-OH is 2. The van der Waals surface area contributed by atoms with Crippen LogP contribution in [0.1, 0.15) is 17.4 Å². The van der Waals surface area contributed by atoms with Crippen molar-refractivity contribution >= 4 is 27.5 Å². The second-order valence-electron chi connectivity index (χ2n) is 3.08. The van der Waals surface area contributed by atoms with Crippen LogP contribution in [0.2, 0.25) is 5.15 Å². The minimum Gasteiger partial charge on any atom is -0.389 e. The number of aryl methyl sites for hydroxylation is 2. The Labute approximate surface area is 95.6 Å². The van der Waals surface area contributed by atoms with Crippen LogP contribution in [0, 0.1) is 6.92 Å². The Balaban J connectivity index is 3.05. The van der Waals surface area contributed by atoms with Crippen molar-refractivity contribution in [2.75, 3.05) is 5.33 Å². The van der Waals surface area contributed by atoms with Gasteiger partial charge in [0.1, 0.15) is 11.3 Å². The van der Waals surface area contributed by atoms with Crippen molar-refractivity contribution in [3.63, 3.8) is 0 Å². The molecule has 80 valence electrons. The fraction of sp³-hybridized carbons (Fsp3) is 0.625. The van der Waals surface area contributed by atoms with E-state index in [0.29, 0.717) is 21.7 Å². The van der Waals surface area contributed by atoms with Crippen LogP contribution in [0.15, 0.2) is 0 Å². The molecule has 0 saturated heterocycles. The zero-order chi connectivity index (χ0) is 10.9. The van der Waals surface area contributed by atoms with Crippen molar-refractivity contribution in [3.05, 3.63) is 16.4 Å². The summed E-state index contributed by atoms with van der Waals surface area (Å²) in [5.74, 6) is 0. The topological polar surface area (TPSA) is 58.3 Å². The molecule has 1 aromatic heterocycles. The van der Waals surface area contributed by atoms with Crippen molar-refractivity contribution in [3.8, 4) is 0 Å². The van der Waals surface area contributed by atoms with Gasteiger partial charge in [-0.3, -0.25) is 4.68 Å².